The van der Waals surface area contributed by atoms with Gasteiger partial charge in [0.05, 0.1) is 19.8 Å². The average molecular weight is 837 g/mol. The minimum absolute atomic E-state index is 0.0395. The number of hydrogen-bond donors (Lipinski definition) is 4. The van der Waals surface area contributed by atoms with Crippen LogP contribution in [-0.2, 0) is 38.3 Å². The van der Waals surface area contributed by atoms with Crippen molar-refractivity contribution in [3.8, 4) is 0 Å². The maximum absolute atomic E-state index is 12.8. The van der Waals surface area contributed by atoms with Crippen LogP contribution < -0.4 is 0 Å². The van der Waals surface area contributed by atoms with Crippen molar-refractivity contribution in [2.45, 2.75) is 237 Å². The van der Waals surface area contributed by atoms with E-state index in [1.807, 2.05) is 0 Å². The van der Waals surface area contributed by atoms with E-state index in [0.717, 1.165) is 38.5 Å². The molecule has 0 aromatic carbocycles. The van der Waals surface area contributed by atoms with Crippen molar-refractivity contribution in [2.24, 2.45) is 0 Å². The lowest BCUT2D eigenvalue weighted by Crippen LogP contribution is -2.60. The second kappa shape index (κ2) is 36.7. The summed E-state index contributed by atoms with van der Waals surface area (Å²) in [6, 6.07) is 0. The van der Waals surface area contributed by atoms with Gasteiger partial charge in [-0.3, -0.25) is 9.35 Å². The molecule has 1 saturated heterocycles. The first-order valence-electron chi connectivity index (χ1n) is 22.9. The van der Waals surface area contributed by atoms with Crippen LogP contribution in [0.25, 0.3) is 0 Å². The van der Waals surface area contributed by atoms with Crippen molar-refractivity contribution in [3.63, 3.8) is 0 Å². The molecule has 0 aliphatic carbocycles. The highest BCUT2D eigenvalue weighted by atomic mass is 32.3. The first-order valence-corrected chi connectivity index (χ1v) is 24.3. The van der Waals surface area contributed by atoms with E-state index in [1.165, 1.54) is 135 Å². The van der Waals surface area contributed by atoms with Crippen molar-refractivity contribution in [2.75, 3.05) is 26.4 Å². The predicted molar refractivity (Wildman–Crippen MR) is 225 cm³/mol. The minimum Gasteiger partial charge on any atom is -0.457 e. The maximum Gasteiger partial charge on any atom is 0.397 e. The summed E-state index contributed by atoms with van der Waals surface area (Å²) in [6.45, 7) is 3.96. The van der Waals surface area contributed by atoms with Crippen LogP contribution in [0.15, 0.2) is 12.2 Å². The summed E-state index contributed by atoms with van der Waals surface area (Å²) >= 11 is 0. The number of aliphatic hydroxyl groups is 3. The smallest absolute Gasteiger partial charge is 0.397 e. The minimum atomic E-state index is -5.05. The SMILES string of the molecule is CCCCCCCCCC/C=C\CCCCCCCCCCCCCC(=O)OC(COCCCCCCCCC)COC1OC(CO)C(O)C(OS(=O)(=O)O)C1O. The Morgan fingerprint density at radius 3 is 1.58 bits per heavy atom. The van der Waals surface area contributed by atoms with Gasteiger partial charge in [0.1, 0.15) is 30.5 Å². The van der Waals surface area contributed by atoms with Crippen molar-refractivity contribution in [1.82, 2.24) is 0 Å². The van der Waals surface area contributed by atoms with E-state index < -0.39 is 59.8 Å². The lowest BCUT2D eigenvalue weighted by atomic mass is 9.99. The second-order valence-electron chi connectivity index (χ2n) is 16.0. The summed E-state index contributed by atoms with van der Waals surface area (Å²) in [5.74, 6) is -0.400. The van der Waals surface area contributed by atoms with Gasteiger partial charge in [-0.1, -0.05) is 167 Å². The molecule has 338 valence electrons. The molecule has 0 aromatic heterocycles. The third-order valence-electron chi connectivity index (χ3n) is 10.6. The average Bonchev–Trinajstić information content (AvgIpc) is 3.18. The lowest BCUT2D eigenvalue weighted by molar-refractivity contribution is -0.301. The van der Waals surface area contributed by atoms with Crippen LogP contribution in [0.5, 0.6) is 0 Å². The van der Waals surface area contributed by atoms with E-state index in [0.29, 0.717) is 13.0 Å². The molecule has 4 N–H and O–H groups in total. The Balaban J connectivity index is 2.28. The highest BCUT2D eigenvalue weighted by molar-refractivity contribution is 7.80. The molecule has 6 atom stereocenters. The zero-order valence-corrected chi connectivity index (χ0v) is 36.7. The fourth-order valence-corrected chi connectivity index (χ4v) is 7.65. The number of hydrogen-bond acceptors (Lipinski definition) is 11. The van der Waals surface area contributed by atoms with Gasteiger partial charge in [0.25, 0.3) is 0 Å². The van der Waals surface area contributed by atoms with E-state index in [2.05, 4.69) is 30.2 Å². The predicted octanol–water partition coefficient (Wildman–Crippen LogP) is 9.47. The lowest BCUT2D eigenvalue weighted by Gasteiger charge is -2.41. The van der Waals surface area contributed by atoms with Crippen molar-refractivity contribution >= 4 is 16.4 Å². The third-order valence-corrected chi connectivity index (χ3v) is 11.1. The van der Waals surface area contributed by atoms with Gasteiger partial charge >= 0.3 is 16.4 Å². The summed E-state index contributed by atoms with van der Waals surface area (Å²) in [7, 11) is -5.05. The first-order chi connectivity index (χ1) is 27.6. The Kier molecular flexibility index (Phi) is 34.6. The van der Waals surface area contributed by atoms with E-state index in [9.17, 15) is 28.5 Å². The van der Waals surface area contributed by atoms with Crippen LogP contribution >= 0.6 is 0 Å². The Hall–Kier alpha value is -1.16. The molecular weight excluding hydrogens is 753 g/mol. The Bertz CT molecular complexity index is 1060. The topological polar surface area (TPSA) is 178 Å². The molecule has 0 radical (unpaired) electrons. The normalized spacial score (nSPS) is 20.7. The number of unbranched alkanes of at least 4 members (excludes halogenated alkanes) is 25. The summed E-state index contributed by atoms with van der Waals surface area (Å²) in [4.78, 5) is 12.8. The van der Waals surface area contributed by atoms with Gasteiger partial charge < -0.3 is 34.3 Å². The number of ether oxygens (including phenoxy) is 4. The van der Waals surface area contributed by atoms with Crippen LogP contribution in [0.1, 0.15) is 200 Å². The molecule has 0 saturated carbocycles. The van der Waals surface area contributed by atoms with E-state index in [-0.39, 0.29) is 19.6 Å². The van der Waals surface area contributed by atoms with Gasteiger partial charge in [-0.05, 0) is 38.5 Å². The largest absolute Gasteiger partial charge is 0.457 e. The zero-order chi connectivity index (χ0) is 41.8. The molecule has 6 unspecified atom stereocenters. The van der Waals surface area contributed by atoms with Gasteiger partial charge in [-0.2, -0.15) is 8.42 Å². The molecule has 0 amide bonds. The molecule has 13 heteroatoms. The van der Waals surface area contributed by atoms with Crippen molar-refractivity contribution in [3.05, 3.63) is 12.2 Å². The maximum atomic E-state index is 12.8. The van der Waals surface area contributed by atoms with E-state index >= 15 is 0 Å². The molecule has 0 aromatic rings. The Labute approximate surface area is 347 Å². The molecule has 1 rings (SSSR count). The molecule has 1 fully saturated rings. The third kappa shape index (κ3) is 30.5. The molecule has 0 spiro atoms. The molecular formula is C44H84O12S. The summed E-state index contributed by atoms with van der Waals surface area (Å²) < 4.78 is 58.8. The van der Waals surface area contributed by atoms with Gasteiger partial charge in [0.15, 0.2) is 6.29 Å². The highest BCUT2D eigenvalue weighted by Crippen LogP contribution is 2.26. The van der Waals surface area contributed by atoms with Gasteiger partial charge in [0.2, 0.25) is 0 Å². The first kappa shape index (κ1) is 53.9. The fourth-order valence-electron chi connectivity index (χ4n) is 7.14. The quantitative estimate of drug-likeness (QED) is 0.0199. The molecule has 0 bridgehead atoms. The van der Waals surface area contributed by atoms with Gasteiger partial charge in [0, 0.05) is 13.0 Å². The Morgan fingerprint density at radius 1 is 0.649 bits per heavy atom. The number of rotatable bonds is 40. The van der Waals surface area contributed by atoms with Gasteiger partial charge in [-0.25, -0.2) is 4.18 Å². The van der Waals surface area contributed by atoms with E-state index in [4.69, 9.17) is 23.5 Å². The summed E-state index contributed by atoms with van der Waals surface area (Å²) in [5, 5.41) is 30.5. The van der Waals surface area contributed by atoms with E-state index in [1.54, 1.807) is 0 Å². The van der Waals surface area contributed by atoms with Crippen LogP contribution in [0.3, 0.4) is 0 Å². The van der Waals surface area contributed by atoms with Crippen LogP contribution in [0.4, 0.5) is 0 Å². The zero-order valence-electron chi connectivity index (χ0n) is 35.9. The number of aliphatic hydroxyl groups excluding tert-OH is 3. The number of allylic oxidation sites excluding steroid dienone is 2. The molecule has 57 heavy (non-hydrogen) atoms. The summed E-state index contributed by atoms with van der Waals surface area (Å²) in [6.07, 6.45) is 29.9. The van der Waals surface area contributed by atoms with Crippen molar-refractivity contribution < 1.29 is 56.2 Å². The molecule has 1 aliphatic rings. The van der Waals surface area contributed by atoms with Crippen LogP contribution in [0, 0.1) is 0 Å². The molecule has 1 heterocycles. The second-order valence-corrected chi connectivity index (χ2v) is 17.0. The molecule has 12 nitrogen and oxygen atoms in total. The van der Waals surface area contributed by atoms with Crippen LogP contribution in [-0.4, -0.2) is 97.5 Å². The van der Waals surface area contributed by atoms with Gasteiger partial charge in [-0.15, -0.1) is 0 Å². The number of carbonyl (C=O) groups is 1. The Morgan fingerprint density at radius 2 is 1.11 bits per heavy atom. The number of carbonyl (C=O) groups excluding carboxylic acids is 1. The number of esters is 1. The van der Waals surface area contributed by atoms with Crippen molar-refractivity contribution in [1.29, 1.82) is 0 Å². The highest BCUT2D eigenvalue weighted by Gasteiger charge is 2.48. The molecule has 1 aliphatic heterocycles. The standard InChI is InChI=1S/C44H84O12S/c1-3-5-7-9-11-12-13-14-15-16-17-18-19-20-21-22-23-24-25-26-27-29-31-33-40(46)54-38(36-52-34-32-30-28-10-8-6-4-2)37-53-44-42(48)43(56-57(49,50)51)41(47)39(35-45)55-44/h16-17,38-39,41-45,47-48H,3-15,18-37H2,1-2H3,(H,49,50,51)/b17-16-. The van der Waals surface area contributed by atoms with Crippen LogP contribution in [0.2, 0.25) is 0 Å². The monoisotopic (exact) mass is 837 g/mol. The summed E-state index contributed by atoms with van der Waals surface area (Å²) in [5.41, 5.74) is 0. The fraction of sp³-hybridized carbons (Fsp3) is 0.932.